The van der Waals surface area contributed by atoms with E-state index >= 15 is 0 Å². The molecule has 1 N–H and O–H groups in total. The number of carbonyl (C=O) groups excluding carboxylic acids is 2. The quantitative estimate of drug-likeness (QED) is 0.201. The zero-order valence-corrected chi connectivity index (χ0v) is 26.0. The molecule has 6 rings (SSSR count). The Morgan fingerprint density at radius 2 is 1.91 bits per heavy atom. The Morgan fingerprint density at radius 1 is 1.07 bits per heavy atom. The summed E-state index contributed by atoms with van der Waals surface area (Å²) < 4.78 is 1.84. The van der Waals surface area contributed by atoms with Crippen LogP contribution >= 0.6 is 11.6 Å². The van der Waals surface area contributed by atoms with Crippen molar-refractivity contribution in [1.29, 1.82) is 0 Å². The van der Waals surface area contributed by atoms with Gasteiger partial charge in [0, 0.05) is 60.6 Å². The van der Waals surface area contributed by atoms with Gasteiger partial charge in [-0.2, -0.15) is 5.10 Å². The Bertz CT molecular complexity index is 1870. The number of likely N-dealkylation sites (N-methyl/N-ethyl adjacent to an activating group) is 1. The van der Waals surface area contributed by atoms with Crippen LogP contribution in [-0.4, -0.2) is 80.8 Å². The summed E-state index contributed by atoms with van der Waals surface area (Å²) in [6, 6.07) is 22.8. The number of benzene rings is 2. The second-order valence-corrected chi connectivity index (χ2v) is 11.9. The van der Waals surface area contributed by atoms with Gasteiger partial charge in [-0.1, -0.05) is 48.0 Å². The maximum atomic E-state index is 13.3. The molecule has 0 unspecified atom stereocenters. The van der Waals surface area contributed by atoms with Crippen molar-refractivity contribution in [3.63, 3.8) is 0 Å². The maximum Gasteiger partial charge on any atom is 0.253 e. The van der Waals surface area contributed by atoms with Crippen LogP contribution in [0.5, 0.6) is 0 Å². The van der Waals surface area contributed by atoms with Gasteiger partial charge in [0.2, 0.25) is 5.95 Å². The van der Waals surface area contributed by atoms with Gasteiger partial charge in [-0.3, -0.25) is 9.59 Å². The Hall–Kier alpha value is -4.86. The van der Waals surface area contributed by atoms with E-state index in [4.69, 9.17) is 21.7 Å². The van der Waals surface area contributed by atoms with E-state index in [1.807, 2.05) is 101 Å². The number of carbonyl (C=O) groups is 2. The third kappa shape index (κ3) is 7.11. The molecule has 10 heteroatoms. The molecule has 9 nitrogen and oxygen atoms in total. The zero-order valence-electron chi connectivity index (χ0n) is 25.2. The molecule has 3 aromatic heterocycles. The van der Waals surface area contributed by atoms with Gasteiger partial charge in [0.05, 0.1) is 16.8 Å². The number of hydrogen-bond acceptors (Lipinski definition) is 7. The van der Waals surface area contributed by atoms with Crippen LogP contribution in [0, 0.1) is 0 Å². The Labute approximate surface area is 267 Å². The summed E-state index contributed by atoms with van der Waals surface area (Å²) in [5.41, 5.74) is 5.72. The van der Waals surface area contributed by atoms with Crippen molar-refractivity contribution in [2.75, 3.05) is 39.0 Å². The Morgan fingerprint density at radius 3 is 2.71 bits per heavy atom. The predicted molar refractivity (Wildman–Crippen MR) is 177 cm³/mol. The lowest BCUT2D eigenvalue weighted by Crippen LogP contribution is -2.31. The normalized spacial score (nSPS) is 14.9. The number of hydrogen-bond donors (Lipinski definition) is 1. The predicted octanol–water partition coefficient (Wildman–Crippen LogP) is 5.67. The fourth-order valence-electron chi connectivity index (χ4n) is 5.50. The number of ketones is 1. The van der Waals surface area contributed by atoms with Gasteiger partial charge in [0.1, 0.15) is 5.69 Å². The number of halogens is 1. The molecule has 1 aliphatic rings. The smallest absolute Gasteiger partial charge is 0.253 e. The first kappa shape index (κ1) is 30.2. The highest BCUT2D eigenvalue weighted by molar-refractivity contribution is 6.30. The van der Waals surface area contributed by atoms with Gasteiger partial charge in [0.25, 0.3) is 5.91 Å². The van der Waals surface area contributed by atoms with Gasteiger partial charge >= 0.3 is 0 Å². The number of nitrogens with one attached hydrogen (secondary N) is 1. The van der Waals surface area contributed by atoms with Crippen molar-refractivity contribution >= 4 is 34.8 Å². The fraction of sp³-hybridized carbons (Fsp3) is 0.229. The molecule has 0 bridgehead atoms. The number of amides is 1. The highest BCUT2D eigenvalue weighted by atomic mass is 35.5. The van der Waals surface area contributed by atoms with Crippen molar-refractivity contribution in [3.05, 3.63) is 113 Å². The summed E-state index contributed by atoms with van der Waals surface area (Å²) in [7, 11) is 3.91. The molecule has 1 amide bonds. The third-order valence-electron chi connectivity index (χ3n) is 7.71. The minimum Gasteiger partial charge on any atom is -0.350 e. The summed E-state index contributed by atoms with van der Waals surface area (Å²) in [6.07, 6.45) is 8.21. The zero-order chi connectivity index (χ0) is 31.3. The molecular weight excluding hydrogens is 586 g/mol. The number of rotatable bonds is 10. The third-order valence-corrected chi connectivity index (χ3v) is 7.95. The van der Waals surface area contributed by atoms with Crippen LogP contribution in [0.4, 0.5) is 5.95 Å². The SMILES string of the molecule is CN(C)C/C=C/C(=O)Cc1ccc(C(=O)N2CC[C@H](Nc3nccc(-c4c(-c5cccc(Cl)c5)nn5ccccc45)n3)C2)cc1. The summed E-state index contributed by atoms with van der Waals surface area (Å²) >= 11 is 6.32. The topological polar surface area (TPSA) is 95.7 Å². The number of allylic oxidation sites excluding steroid dienone is 1. The minimum atomic E-state index is -0.0322. The van der Waals surface area contributed by atoms with Crippen LogP contribution in [0.3, 0.4) is 0 Å². The van der Waals surface area contributed by atoms with Crippen LogP contribution < -0.4 is 5.32 Å². The van der Waals surface area contributed by atoms with E-state index in [9.17, 15) is 9.59 Å². The van der Waals surface area contributed by atoms with Crippen molar-refractivity contribution in [2.24, 2.45) is 0 Å². The molecule has 0 aliphatic carbocycles. The number of likely N-dealkylation sites (tertiary alicyclic amines) is 1. The monoisotopic (exact) mass is 619 g/mol. The van der Waals surface area contributed by atoms with Crippen LogP contribution in [0.1, 0.15) is 22.3 Å². The average molecular weight is 620 g/mol. The molecule has 228 valence electrons. The molecule has 1 saturated heterocycles. The van der Waals surface area contributed by atoms with E-state index in [0.29, 0.717) is 36.0 Å². The first-order valence-corrected chi connectivity index (χ1v) is 15.3. The molecule has 1 atom stereocenters. The van der Waals surface area contributed by atoms with Crippen molar-refractivity contribution in [1.82, 2.24) is 29.4 Å². The van der Waals surface area contributed by atoms with Crippen molar-refractivity contribution in [3.8, 4) is 22.5 Å². The van der Waals surface area contributed by atoms with Crippen LogP contribution in [0.15, 0.2) is 97.3 Å². The average Bonchev–Trinajstić information content (AvgIpc) is 3.66. The number of fused-ring (bicyclic) bond motifs is 1. The lowest BCUT2D eigenvalue weighted by Gasteiger charge is -2.17. The Balaban J connectivity index is 1.13. The molecule has 45 heavy (non-hydrogen) atoms. The molecule has 1 aliphatic heterocycles. The van der Waals surface area contributed by atoms with Crippen LogP contribution in [0.2, 0.25) is 5.02 Å². The van der Waals surface area contributed by atoms with Crippen molar-refractivity contribution < 1.29 is 9.59 Å². The van der Waals surface area contributed by atoms with Gasteiger partial charge < -0.3 is 15.1 Å². The second kappa shape index (κ2) is 13.4. The van der Waals surface area contributed by atoms with Crippen LogP contribution in [0.25, 0.3) is 28.0 Å². The van der Waals surface area contributed by atoms with E-state index in [1.165, 1.54) is 0 Å². The van der Waals surface area contributed by atoms with E-state index in [-0.39, 0.29) is 17.7 Å². The Kier molecular flexibility index (Phi) is 9.00. The summed E-state index contributed by atoms with van der Waals surface area (Å²) in [6.45, 7) is 1.88. The molecule has 5 aromatic rings. The van der Waals surface area contributed by atoms with Gasteiger partial charge in [-0.25, -0.2) is 14.5 Å². The maximum absolute atomic E-state index is 13.3. The number of aromatic nitrogens is 4. The summed E-state index contributed by atoms with van der Waals surface area (Å²) in [5, 5.41) is 8.91. The minimum absolute atomic E-state index is 0.00588. The fourth-order valence-corrected chi connectivity index (χ4v) is 5.69. The first-order valence-electron chi connectivity index (χ1n) is 14.9. The summed E-state index contributed by atoms with van der Waals surface area (Å²) in [5.74, 6) is 0.501. The largest absolute Gasteiger partial charge is 0.350 e. The molecule has 4 heterocycles. The van der Waals surface area contributed by atoms with Gasteiger partial charge in [-0.15, -0.1) is 0 Å². The first-order chi connectivity index (χ1) is 21.8. The molecule has 0 saturated carbocycles. The van der Waals surface area contributed by atoms with E-state index < -0.39 is 0 Å². The van der Waals surface area contributed by atoms with Gasteiger partial charge in [-0.05, 0) is 74.6 Å². The standard InChI is InChI=1S/C35H34ClN7O2/c1-41(2)18-6-9-29(44)21-24-11-13-25(14-12-24)34(45)42-20-16-28(23-42)38-35-37-17-15-30(39-35)32-31-10-3-4-19-43(31)40-33(32)26-7-5-8-27(36)22-26/h3-15,17,19,22,28H,16,18,20-21,23H2,1-2H3,(H,37,38,39)/b9-6+/t28-/m0/s1. The highest BCUT2D eigenvalue weighted by Gasteiger charge is 2.28. The lowest BCUT2D eigenvalue weighted by molar-refractivity contribution is -0.114. The van der Waals surface area contributed by atoms with E-state index in [0.717, 1.165) is 46.6 Å². The molecule has 2 aromatic carbocycles. The van der Waals surface area contributed by atoms with E-state index in [2.05, 4.69) is 10.3 Å². The number of nitrogens with zero attached hydrogens (tertiary/aromatic N) is 6. The molecular formula is C35H34ClN7O2. The lowest BCUT2D eigenvalue weighted by atomic mass is 10.0. The van der Waals surface area contributed by atoms with Crippen molar-refractivity contribution in [2.45, 2.75) is 18.9 Å². The highest BCUT2D eigenvalue weighted by Crippen LogP contribution is 2.35. The van der Waals surface area contributed by atoms with Gasteiger partial charge in [0.15, 0.2) is 5.78 Å². The van der Waals surface area contributed by atoms with Crippen LogP contribution in [-0.2, 0) is 11.2 Å². The van der Waals surface area contributed by atoms with E-state index in [1.54, 1.807) is 24.4 Å². The molecule has 0 spiro atoms. The molecule has 1 fully saturated rings. The number of anilines is 1. The molecule has 0 radical (unpaired) electrons. The second-order valence-electron chi connectivity index (χ2n) is 11.4. The number of pyridine rings is 1. The summed E-state index contributed by atoms with van der Waals surface area (Å²) in [4.78, 5) is 38.7.